The van der Waals surface area contributed by atoms with E-state index >= 15 is 0 Å². The first-order valence-electron chi connectivity index (χ1n) is 11.3. The minimum Gasteiger partial charge on any atom is -0.481 e. The number of carboxylic acid groups (broad SMARTS) is 2. The molecule has 0 spiro atoms. The highest BCUT2D eigenvalue weighted by atomic mass is 16.4. The van der Waals surface area contributed by atoms with Gasteiger partial charge in [0.05, 0.1) is 12.6 Å². The fraction of sp³-hybridized carbons (Fsp3) is 0.320. The molecule has 11 heteroatoms. The predicted octanol–water partition coefficient (Wildman–Crippen LogP) is -0.166. The molecule has 3 unspecified atom stereocenters. The van der Waals surface area contributed by atoms with Gasteiger partial charge in [-0.15, -0.1) is 0 Å². The van der Waals surface area contributed by atoms with E-state index in [1.165, 1.54) is 0 Å². The van der Waals surface area contributed by atoms with Crippen LogP contribution in [-0.2, 0) is 36.8 Å². The van der Waals surface area contributed by atoms with Crippen molar-refractivity contribution in [3.63, 3.8) is 0 Å². The fourth-order valence-corrected chi connectivity index (χ4v) is 3.34. The molecule has 36 heavy (non-hydrogen) atoms. The van der Waals surface area contributed by atoms with Crippen LogP contribution in [0.4, 0.5) is 0 Å². The quantitative estimate of drug-likeness (QED) is 0.207. The van der Waals surface area contributed by atoms with E-state index in [9.17, 15) is 29.1 Å². The van der Waals surface area contributed by atoms with Crippen LogP contribution in [0, 0.1) is 0 Å². The molecular formula is C25H30N4O7. The highest BCUT2D eigenvalue weighted by Gasteiger charge is 2.27. The van der Waals surface area contributed by atoms with Crippen molar-refractivity contribution in [2.75, 3.05) is 6.54 Å². The molecule has 2 aromatic rings. The minimum atomic E-state index is -1.22. The zero-order valence-corrected chi connectivity index (χ0v) is 19.6. The Kier molecular flexibility index (Phi) is 11.1. The van der Waals surface area contributed by atoms with E-state index in [0.717, 1.165) is 11.1 Å². The molecule has 3 amide bonds. The van der Waals surface area contributed by atoms with Crippen LogP contribution in [0.1, 0.15) is 24.0 Å². The molecule has 0 aliphatic carbocycles. The van der Waals surface area contributed by atoms with Crippen LogP contribution in [0.2, 0.25) is 0 Å². The Balaban J connectivity index is 2.04. The second kappa shape index (κ2) is 14.2. The van der Waals surface area contributed by atoms with Crippen LogP contribution in [-0.4, -0.2) is 64.5 Å². The Morgan fingerprint density at radius 3 is 1.78 bits per heavy atom. The van der Waals surface area contributed by atoms with E-state index in [4.69, 9.17) is 10.8 Å². The fourth-order valence-electron chi connectivity index (χ4n) is 3.34. The van der Waals surface area contributed by atoms with Gasteiger partial charge in [-0.3, -0.25) is 19.2 Å². The van der Waals surface area contributed by atoms with Crippen molar-refractivity contribution >= 4 is 29.7 Å². The Labute approximate surface area is 208 Å². The number of aliphatic carboxylic acids is 2. The average Bonchev–Trinajstić information content (AvgIpc) is 2.86. The van der Waals surface area contributed by atoms with Crippen molar-refractivity contribution in [2.45, 2.75) is 43.8 Å². The summed E-state index contributed by atoms with van der Waals surface area (Å²) in [7, 11) is 0. The van der Waals surface area contributed by atoms with Crippen molar-refractivity contribution in [1.29, 1.82) is 0 Å². The van der Waals surface area contributed by atoms with Gasteiger partial charge in [-0.05, 0) is 17.5 Å². The molecule has 11 nitrogen and oxygen atoms in total. The van der Waals surface area contributed by atoms with E-state index < -0.39 is 54.3 Å². The third-order valence-electron chi connectivity index (χ3n) is 5.26. The number of carbonyl (C=O) groups excluding carboxylic acids is 3. The van der Waals surface area contributed by atoms with Gasteiger partial charge in [0.2, 0.25) is 17.7 Å². The van der Waals surface area contributed by atoms with Crippen LogP contribution < -0.4 is 21.7 Å². The van der Waals surface area contributed by atoms with Crippen LogP contribution >= 0.6 is 0 Å². The summed E-state index contributed by atoms with van der Waals surface area (Å²) in [5.74, 6) is -4.42. The molecule has 192 valence electrons. The molecule has 7 N–H and O–H groups in total. The predicted molar refractivity (Wildman–Crippen MR) is 130 cm³/mol. The standard InChI is InChI=1S/C25H30N4O7/c26-18(11-12-22(31)32)23(33)27-15-21(30)28-19(13-16-7-3-1-4-8-16)24(34)29-20(25(35)36)14-17-9-5-2-6-10-17/h1-10,18-20H,11-15,26H2,(H,27,33)(H,28,30)(H,29,34)(H,31,32)(H,35,36). The number of hydrogen-bond donors (Lipinski definition) is 6. The number of rotatable bonds is 14. The first kappa shape index (κ1) is 28.0. The Morgan fingerprint density at radius 2 is 1.28 bits per heavy atom. The summed E-state index contributed by atoms with van der Waals surface area (Å²) >= 11 is 0. The third kappa shape index (κ3) is 9.94. The zero-order chi connectivity index (χ0) is 26.5. The Bertz CT molecular complexity index is 1050. The van der Waals surface area contributed by atoms with Crippen molar-refractivity contribution < 1.29 is 34.2 Å². The van der Waals surface area contributed by atoms with Gasteiger partial charge in [-0.1, -0.05) is 60.7 Å². The molecule has 0 radical (unpaired) electrons. The molecular weight excluding hydrogens is 468 g/mol. The topological polar surface area (TPSA) is 188 Å². The number of benzene rings is 2. The number of carboxylic acids is 2. The Hall–Kier alpha value is -4.25. The number of amides is 3. The molecule has 0 saturated carbocycles. The number of hydrogen-bond acceptors (Lipinski definition) is 6. The summed E-state index contributed by atoms with van der Waals surface area (Å²) in [5.41, 5.74) is 7.07. The molecule has 0 aliphatic rings. The monoisotopic (exact) mass is 498 g/mol. The molecule has 0 aliphatic heterocycles. The van der Waals surface area contributed by atoms with Gasteiger partial charge >= 0.3 is 11.9 Å². The van der Waals surface area contributed by atoms with E-state index in [0.29, 0.717) is 0 Å². The normalized spacial score (nSPS) is 13.0. The molecule has 0 saturated heterocycles. The second-order valence-electron chi connectivity index (χ2n) is 8.16. The van der Waals surface area contributed by atoms with Crippen molar-refractivity contribution in [3.05, 3.63) is 71.8 Å². The lowest BCUT2D eigenvalue weighted by molar-refractivity contribution is -0.142. The van der Waals surface area contributed by atoms with Crippen molar-refractivity contribution in [1.82, 2.24) is 16.0 Å². The summed E-state index contributed by atoms with van der Waals surface area (Å²) in [6.45, 7) is -0.495. The van der Waals surface area contributed by atoms with Crippen LogP contribution in [0.3, 0.4) is 0 Å². The van der Waals surface area contributed by atoms with Crippen molar-refractivity contribution in [2.24, 2.45) is 5.73 Å². The van der Waals surface area contributed by atoms with E-state index in [2.05, 4.69) is 16.0 Å². The van der Waals surface area contributed by atoms with Gasteiger partial charge in [-0.25, -0.2) is 4.79 Å². The summed E-state index contributed by atoms with van der Waals surface area (Å²) in [6.07, 6.45) is -0.256. The molecule has 3 atom stereocenters. The molecule has 2 aromatic carbocycles. The van der Waals surface area contributed by atoms with Gasteiger partial charge in [0.15, 0.2) is 0 Å². The first-order chi connectivity index (χ1) is 17.2. The molecule has 0 aromatic heterocycles. The maximum atomic E-state index is 13.0. The smallest absolute Gasteiger partial charge is 0.326 e. The Morgan fingerprint density at radius 1 is 0.750 bits per heavy atom. The summed E-state index contributed by atoms with van der Waals surface area (Å²) in [4.78, 5) is 59.9. The second-order valence-corrected chi connectivity index (χ2v) is 8.16. The molecule has 0 heterocycles. The van der Waals surface area contributed by atoms with Crippen molar-refractivity contribution in [3.8, 4) is 0 Å². The SMILES string of the molecule is NC(CCC(=O)O)C(=O)NCC(=O)NC(Cc1ccccc1)C(=O)NC(Cc1ccccc1)C(=O)O. The van der Waals surface area contributed by atoms with Gasteiger partial charge in [0.25, 0.3) is 0 Å². The summed E-state index contributed by atoms with van der Waals surface area (Å²) in [5, 5.41) is 25.6. The van der Waals surface area contributed by atoms with Crippen LogP contribution in [0.25, 0.3) is 0 Å². The van der Waals surface area contributed by atoms with E-state index in [-0.39, 0.29) is 25.7 Å². The van der Waals surface area contributed by atoms with Crippen LogP contribution in [0.5, 0.6) is 0 Å². The van der Waals surface area contributed by atoms with E-state index in [1.807, 2.05) is 0 Å². The summed E-state index contributed by atoms with van der Waals surface area (Å²) in [6, 6.07) is 14.2. The molecule has 0 bridgehead atoms. The van der Waals surface area contributed by atoms with Gasteiger partial charge in [0.1, 0.15) is 12.1 Å². The first-order valence-corrected chi connectivity index (χ1v) is 11.3. The highest BCUT2D eigenvalue weighted by Crippen LogP contribution is 2.07. The average molecular weight is 499 g/mol. The lowest BCUT2D eigenvalue weighted by Crippen LogP contribution is -2.54. The number of nitrogens with two attached hydrogens (primary N) is 1. The lowest BCUT2D eigenvalue weighted by atomic mass is 10.0. The third-order valence-corrected chi connectivity index (χ3v) is 5.26. The zero-order valence-electron chi connectivity index (χ0n) is 19.6. The van der Waals surface area contributed by atoms with Gasteiger partial charge in [-0.2, -0.15) is 0 Å². The van der Waals surface area contributed by atoms with Crippen LogP contribution in [0.15, 0.2) is 60.7 Å². The lowest BCUT2D eigenvalue weighted by Gasteiger charge is -2.22. The van der Waals surface area contributed by atoms with Gasteiger partial charge < -0.3 is 31.9 Å². The molecule has 0 fully saturated rings. The van der Waals surface area contributed by atoms with Gasteiger partial charge in [0, 0.05) is 19.3 Å². The summed E-state index contributed by atoms with van der Waals surface area (Å²) < 4.78 is 0. The highest BCUT2D eigenvalue weighted by molar-refractivity contribution is 5.92. The minimum absolute atomic E-state index is 0.0538. The molecule has 2 rings (SSSR count). The largest absolute Gasteiger partial charge is 0.481 e. The maximum absolute atomic E-state index is 13.0. The number of carbonyl (C=O) groups is 5. The number of nitrogens with one attached hydrogen (secondary N) is 3. The van der Waals surface area contributed by atoms with E-state index in [1.54, 1.807) is 60.7 Å². The maximum Gasteiger partial charge on any atom is 0.326 e.